The molecule has 1 unspecified atom stereocenters. The van der Waals surface area contributed by atoms with Crippen LogP contribution in [0.4, 0.5) is 4.79 Å². The molecule has 0 spiro atoms. The predicted octanol–water partition coefficient (Wildman–Crippen LogP) is 5.18. The summed E-state index contributed by atoms with van der Waals surface area (Å²) in [4.78, 5) is 59.5. The predicted molar refractivity (Wildman–Crippen MR) is 180 cm³/mol. The average molecular weight is 655 g/mol. The normalized spacial score (nSPS) is 26.0. The lowest BCUT2D eigenvalue weighted by atomic mass is 10.0. The standard InChI is InChI=1S/C37H42N4O7/c1-4-25-20-37(25,35(44)45)40-33(42)30-18-26-21-41(30)34(43)32(22(2)3)39-36(46)47-16-10-6-7-11-23-14-15-28-27(17-23)31(48-26)19-29(38-28)24-12-8-5-9-13-24/h5,7-9,11-15,17,19,22,25-26,30,32H,4,6,10,16,18,20-21H2,1-3H3,(H,39,46)(H,40,42)(H,44,45)/t25-,26?,30+,32+,37-/m1/s1. The fraction of sp³-hybridized carbons (Fsp3) is 0.432. The second-order valence-electron chi connectivity index (χ2n) is 13.3. The van der Waals surface area contributed by atoms with Crippen molar-refractivity contribution in [2.75, 3.05) is 13.2 Å². The molecule has 1 saturated carbocycles. The number of rotatable bonds is 6. The van der Waals surface area contributed by atoms with Gasteiger partial charge >= 0.3 is 12.1 Å². The van der Waals surface area contributed by atoms with Crippen molar-refractivity contribution in [3.05, 3.63) is 66.2 Å². The largest absolute Gasteiger partial charge is 0.488 e. The van der Waals surface area contributed by atoms with Crippen LogP contribution in [-0.2, 0) is 19.1 Å². The van der Waals surface area contributed by atoms with Crippen LogP contribution in [0.15, 0.2) is 60.7 Å². The van der Waals surface area contributed by atoms with E-state index in [2.05, 4.69) is 10.6 Å². The molecule has 3 amide bonds. The van der Waals surface area contributed by atoms with E-state index in [0.717, 1.165) is 22.0 Å². The van der Waals surface area contributed by atoms with Crippen LogP contribution in [0, 0.1) is 11.8 Å². The number of fused-ring (bicyclic) bond motifs is 3. The highest BCUT2D eigenvalue weighted by Gasteiger charge is 2.61. The first-order valence-corrected chi connectivity index (χ1v) is 16.7. The van der Waals surface area contributed by atoms with Gasteiger partial charge in [-0.2, -0.15) is 0 Å². The number of alkyl carbamates (subject to hydrolysis) is 1. The summed E-state index contributed by atoms with van der Waals surface area (Å²) < 4.78 is 12.1. The van der Waals surface area contributed by atoms with Gasteiger partial charge in [0.25, 0.3) is 0 Å². The van der Waals surface area contributed by atoms with E-state index in [1.807, 2.05) is 73.7 Å². The minimum absolute atomic E-state index is 0.0538. The van der Waals surface area contributed by atoms with Crippen molar-refractivity contribution in [1.29, 1.82) is 0 Å². The van der Waals surface area contributed by atoms with E-state index >= 15 is 0 Å². The maximum Gasteiger partial charge on any atom is 0.407 e. The number of carbonyl (C=O) groups excluding carboxylic acids is 3. The molecule has 48 heavy (non-hydrogen) atoms. The number of aliphatic carboxylic acids is 1. The molecule has 3 aromatic rings. The van der Waals surface area contributed by atoms with Gasteiger partial charge in [0.2, 0.25) is 11.8 Å². The van der Waals surface area contributed by atoms with E-state index in [-0.39, 0.29) is 31.4 Å². The molecule has 6 rings (SSSR count). The lowest BCUT2D eigenvalue weighted by Gasteiger charge is -2.30. The third-order valence-electron chi connectivity index (χ3n) is 9.60. The summed E-state index contributed by atoms with van der Waals surface area (Å²) >= 11 is 0. The Morgan fingerprint density at radius 3 is 2.65 bits per heavy atom. The highest BCUT2D eigenvalue weighted by Crippen LogP contribution is 2.46. The second-order valence-corrected chi connectivity index (χ2v) is 13.3. The number of carbonyl (C=O) groups is 4. The molecule has 11 nitrogen and oxygen atoms in total. The van der Waals surface area contributed by atoms with Gasteiger partial charge in [0.05, 0.1) is 24.4 Å². The number of pyridine rings is 1. The summed E-state index contributed by atoms with van der Waals surface area (Å²) in [5, 5.41) is 16.3. The summed E-state index contributed by atoms with van der Waals surface area (Å²) in [6, 6.07) is 15.6. The summed E-state index contributed by atoms with van der Waals surface area (Å²) in [6.45, 7) is 5.72. The summed E-state index contributed by atoms with van der Waals surface area (Å²) in [6.07, 6.45) is 5.02. The van der Waals surface area contributed by atoms with Crippen LogP contribution < -0.4 is 15.4 Å². The number of hydrogen-bond acceptors (Lipinski definition) is 7. The van der Waals surface area contributed by atoms with Gasteiger partial charge in [-0.05, 0) is 48.8 Å². The Kier molecular flexibility index (Phi) is 9.39. The highest BCUT2D eigenvalue weighted by atomic mass is 16.5. The van der Waals surface area contributed by atoms with Crippen molar-refractivity contribution in [3.63, 3.8) is 0 Å². The smallest absolute Gasteiger partial charge is 0.407 e. The zero-order valence-corrected chi connectivity index (χ0v) is 27.5. The number of ether oxygens (including phenoxy) is 2. The molecule has 3 heterocycles. The van der Waals surface area contributed by atoms with Crippen molar-refractivity contribution in [2.45, 2.75) is 76.6 Å². The fourth-order valence-electron chi connectivity index (χ4n) is 6.77. The number of allylic oxidation sites excluding steroid dienone is 1. The van der Waals surface area contributed by atoms with Crippen LogP contribution >= 0.6 is 0 Å². The zero-order chi connectivity index (χ0) is 34.0. The van der Waals surface area contributed by atoms with Crippen LogP contribution in [-0.4, -0.2) is 75.7 Å². The molecular formula is C37H42N4O7. The van der Waals surface area contributed by atoms with Crippen LogP contribution in [0.2, 0.25) is 0 Å². The van der Waals surface area contributed by atoms with E-state index in [1.54, 1.807) is 13.8 Å². The summed E-state index contributed by atoms with van der Waals surface area (Å²) in [7, 11) is 0. The molecule has 4 bridgehead atoms. The van der Waals surface area contributed by atoms with E-state index in [4.69, 9.17) is 14.5 Å². The Hall–Kier alpha value is -4.93. The van der Waals surface area contributed by atoms with Crippen LogP contribution in [0.1, 0.15) is 58.4 Å². The van der Waals surface area contributed by atoms with Crippen molar-refractivity contribution in [3.8, 4) is 17.0 Å². The van der Waals surface area contributed by atoms with E-state index in [1.165, 1.54) is 4.90 Å². The SMILES string of the molecule is CC[C@@H]1C[C@]1(NC(=O)[C@@H]1CC2CN1C(=O)[C@H](C(C)C)NC(=O)OCCCC=Cc1ccc3nc(-c4ccccc4)cc(c3c1)O2)C(=O)O. The van der Waals surface area contributed by atoms with Crippen LogP contribution in [0.3, 0.4) is 0 Å². The summed E-state index contributed by atoms with van der Waals surface area (Å²) in [5.41, 5.74) is 1.94. The first-order valence-electron chi connectivity index (χ1n) is 16.7. The van der Waals surface area contributed by atoms with Crippen LogP contribution in [0.5, 0.6) is 5.75 Å². The quantitative estimate of drug-likeness (QED) is 0.330. The van der Waals surface area contributed by atoms with Crippen molar-refractivity contribution >= 4 is 40.9 Å². The lowest BCUT2D eigenvalue weighted by Crippen LogP contribution is -2.57. The molecule has 0 radical (unpaired) electrons. The van der Waals surface area contributed by atoms with E-state index in [0.29, 0.717) is 37.1 Å². The Morgan fingerprint density at radius 1 is 1.15 bits per heavy atom. The lowest BCUT2D eigenvalue weighted by molar-refractivity contribution is -0.146. The van der Waals surface area contributed by atoms with E-state index in [9.17, 15) is 24.3 Å². The average Bonchev–Trinajstić information content (AvgIpc) is 3.64. The third kappa shape index (κ3) is 6.72. The van der Waals surface area contributed by atoms with Crippen molar-refractivity contribution < 1.29 is 33.8 Å². The monoisotopic (exact) mass is 654 g/mol. The number of carboxylic acid groups (broad SMARTS) is 1. The molecule has 1 aliphatic carbocycles. The number of carboxylic acids is 1. The van der Waals surface area contributed by atoms with Gasteiger partial charge in [-0.1, -0.05) is 75.7 Å². The minimum atomic E-state index is -1.36. The van der Waals surface area contributed by atoms with Gasteiger partial charge in [-0.25, -0.2) is 14.6 Å². The van der Waals surface area contributed by atoms with Gasteiger partial charge in [0, 0.05) is 23.4 Å². The Labute approximate surface area is 279 Å². The van der Waals surface area contributed by atoms with Crippen LogP contribution in [0.25, 0.3) is 28.2 Å². The first-order chi connectivity index (χ1) is 23.1. The number of nitrogens with zero attached hydrogens (tertiary/aromatic N) is 2. The number of hydrogen-bond donors (Lipinski definition) is 3. The number of benzene rings is 2. The van der Waals surface area contributed by atoms with Gasteiger partial charge in [-0.3, -0.25) is 9.59 Å². The number of aromatic nitrogens is 1. The van der Waals surface area contributed by atoms with Gasteiger partial charge < -0.3 is 30.1 Å². The summed E-state index contributed by atoms with van der Waals surface area (Å²) in [5.74, 6) is -2.06. The number of amides is 3. The van der Waals surface area contributed by atoms with Gasteiger partial charge in [-0.15, -0.1) is 0 Å². The van der Waals surface area contributed by atoms with Gasteiger partial charge in [0.1, 0.15) is 29.5 Å². The van der Waals surface area contributed by atoms with E-state index < -0.39 is 47.6 Å². The topological polar surface area (TPSA) is 147 Å². The Balaban J connectivity index is 1.40. The molecule has 11 heteroatoms. The number of cyclic esters (lactones) is 1. The zero-order valence-electron chi connectivity index (χ0n) is 27.5. The molecule has 3 N–H and O–H groups in total. The molecule has 1 aromatic heterocycles. The van der Waals surface area contributed by atoms with Gasteiger partial charge in [0.15, 0.2) is 0 Å². The molecular weight excluding hydrogens is 612 g/mol. The fourth-order valence-corrected chi connectivity index (χ4v) is 6.77. The second kappa shape index (κ2) is 13.7. The molecule has 252 valence electrons. The minimum Gasteiger partial charge on any atom is -0.488 e. The Morgan fingerprint density at radius 2 is 1.94 bits per heavy atom. The first kappa shape index (κ1) is 33.0. The maximum absolute atomic E-state index is 14.2. The molecule has 2 aromatic carbocycles. The van der Waals surface area contributed by atoms with Crippen molar-refractivity contribution in [1.82, 2.24) is 20.5 Å². The third-order valence-corrected chi connectivity index (χ3v) is 9.60. The molecule has 3 aliphatic rings. The molecule has 1 saturated heterocycles. The molecule has 2 aliphatic heterocycles. The highest BCUT2D eigenvalue weighted by molar-refractivity contribution is 5.96. The number of nitrogens with one attached hydrogen (secondary N) is 2. The Bertz CT molecular complexity index is 1740. The molecule has 2 fully saturated rings. The van der Waals surface area contributed by atoms with Crippen molar-refractivity contribution in [2.24, 2.45) is 11.8 Å². The molecule has 5 atom stereocenters. The maximum atomic E-state index is 14.2.